The van der Waals surface area contributed by atoms with Gasteiger partial charge in [0.15, 0.2) is 0 Å². The summed E-state index contributed by atoms with van der Waals surface area (Å²) in [6.07, 6.45) is 6.59. The maximum Gasteiger partial charge on any atom is 0.0195 e. The van der Waals surface area contributed by atoms with Gasteiger partial charge in [0.2, 0.25) is 0 Å². The highest BCUT2D eigenvalue weighted by Crippen LogP contribution is 2.11. The van der Waals surface area contributed by atoms with Crippen molar-refractivity contribution in [2.75, 3.05) is 26.2 Å². The molecular formula is C15H26N2S. The van der Waals surface area contributed by atoms with E-state index in [4.69, 9.17) is 0 Å². The average Bonchev–Trinajstić information content (AvgIpc) is 2.91. The van der Waals surface area contributed by atoms with Gasteiger partial charge in [-0.2, -0.15) is 11.3 Å². The fourth-order valence-corrected chi connectivity index (χ4v) is 3.43. The zero-order valence-electron chi connectivity index (χ0n) is 11.5. The normalized spacial score (nSPS) is 20.4. The Morgan fingerprint density at radius 3 is 3.00 bits per heavy atom. The Morgan fingerprint density at radius 1 is 1.39 bits per heavy atom. The van der Waals surface area contributed by atoms with Crippen LogP contribution in [0.4, 0.5) is 0 Å². The molecule has 1 fully saturated rings. The van der Waals surface area contributed by atoms with Crippen LogP contribution in [-0.4, -0.2) is 37.1 Å². The first-order chi connectivity index (χ1) is 8.88. The van der Waals surface area contributed by atoms with Crippen molar-refractivity contribution >= 4 is 11.3 Å². The molecule has 0 amide bonds. The SMILES string of the molecule is CCCN(CCc1ccsc1)CC1CCCCN1. The molecule has 0 aromatic carbocycles. The van der Waals surface area contributed by atoms with Crippen molar-refractivity contribution in [1.29, 1.82) is 0 Å². The van der Waals surface area contributed by atoms with Crippen molar-refractivity contribution in [3.63, 3.8) is 0 Å². The predicted molar refractivity (Wildman–Crippen MR) is 80.4 cm³/mol. The van der Waals surface area contributed by atoms with Crippen LogP contribution < -0.4 is 5.32 Å². The molecule has 1 aliphatic heterocycles. The highest BCUT2D eigenvalue weighted by atomic mass is 32.1. The van der Waals surface area contributed by atoms with Gasteiger partial charge in [-0.25, -0.2) is 0 Å². The molecule has 2 rings (SSSR count). The summed E-state index contributed by atoms with van der Waals surface area (Å²) in [6, 6.07) is 2.99. The second-order valence-electron chi connectivity index (χ2n) is 5.33. The minimum atomic E-state index is 0.729. The molecule has 1 aliphatic rings. The number of rotatable bonds is 7. The van der Waals surface area contributed by atoms with Crippen LogP contribution >= 0.6 is 11.3 Å². The van der Waals surface area contributed by atoms with Crippen LogP contribution in [0, 0.1) is 0 Å². The maximum absolute atomic E-state index is 3.66. The second kappa shape index (κ2) is 7.93. The van der Waals surface area contributed by atoms with E-state index in [-0.39, 0.29) is 0 Å². The molecule has 1 unspecified atom stereocenters. The standard InChI is InChI=1S/C15H26N2S/c1-2-9-17(10-6-14-7-11-18-13-14)12-15-5-3-4-8-16-15/h7,11,13,15-16H,2-6,8-10,12H2,1H3. The zero-order chi connectivity index (χ0) is 12.6. The Balaban J connectivity index is 1.75. The Labute approximate surface area is 115 Å². The third kappa shape index (κ3) is 4.71. The molecule has 1 atom stereocenters. The fraction of sp³-hybridized carbons (Fsp3) is 0.733. The molecule has 0 aliphatic carbocycles. The summed E-state index contributed by atoms with van der Waals surface area (Å²) in [5.41, 5.74) is 1.50. The van der Waals surface area contributed by atoms with Crippen LogP contribution in [0.2, 0.25) is 0 Å². The third-order valence-electron chi connectivity index (χ3n) is 3.73. The molecule has 1 saturated heterocycles. The zero-order valence-corrected chi connectivity index (χ0v) is 12.3. The summed E-state index contributed by atoms with van der Waals surface area (Å²) in [6.45, 7) is 7.18. The van der Waals surface area contributed by atoms with Gasteiger partial charge in [0.05, 0.1) is 0 Å². The van der Waals surface area contributed by atoms with Crippen molar-refractivity contribution in [3.05, 3.63) is 22.4 Å². The highest BCUT2D eigenvalue weighted by molar-refractivity contribution is 7.07. The topological polar surface area (TPSA) is 15.3 Å². The lowest BCUT2D eigenvalue weighted by molar-refractivity contribution is 0.226. The number of piperidine rings is 1. The van der Waals surface area contributed by atoms with E-state index in [0.29, 0.717) is 0 Å². The Hall–Kier alpha value is -0.380. The number of nitrogens with zero attached hydrogens (tertiary/aromatic N) is 1. The van der Waals surface area contributed by atoms with Crippen LogP contribution in [0.25, 0.3) is 0 Å². The summed E-state index contributed by atoms with van der Waals surface area (Å²) in [5.74, 6) is 0. The molecular weight excluding hydrogens is 240 g/mol. The van der Waals surface area contributed by atoms with E-state index in [1.165, 1.54) is 63.8 Å². The molecule has 0 radical (unpaired) electrons. The van der Waals surface area contributed by atoms with E-state index in [2.05, 4.69) is 34.0 Å². The highest BCUT2D eigenvalue weighted by Gasteiger charge is 2.16. The molecule has 0 saturated carbocycles. The predicted octanol–water partition coefficient (Wildman–Crippen LogP) is 3.14. The van der Waals surface area contributed by atoms with Crippen molar-refractivity contribution < 1.29 is 0 Å². The van der Waals surface area contributed by atoms with Gasteiger partial charge >= 0.3 is 0 Å². The van der Waals surface area contributed by atoms with E-state index >= 15 is 0 Å². The van der Waals surface area contributed by atoms with Gasteiger partial charge in [-0.05, 0) is 61.2 Å². The first-order valence-electron chi connectivity index (χ1n) is 7.35. The van der Waals surface area contributed by atoms with E-state index in [1.54, 1.807) is 0 Å². The molecule has 102 valence electrons. The van der Waals surface area contributed by atoms with Crippen LogP contribution in [0.5, 0.6) is 0 Å². The fourth-order valence-electron chi connectivity index (χ4n) is 2.72. The maximum atomic E-state index is 3.66. The van der Waals surface area contributed by atoms with Crippen LogP contribution in [-0.2, 0) is 6.42 Å². The molecule has 3 heteroatoms. The van der Waals surface area contributed by atoms with E-state index in [0.717, 1.165) is 6.04 Å². The number of nitrogens with one attached hydrogen (secondary N) is 1. The summed E-state index contributed by atoms with van der Waals surface area (Å²) in [5, 5.41) is 8.13. The van der Waals surface area contributed by atoms with Crippen LogP contribution in [0.15, 0.2) is 16.8 Å². The lowest BCUT2D eigenvalue weighted by Gasteiger charge is -2.30. The monoisotopic (exact) mass is 266 g/mol. The minimum absolute atomic E-state index is 0.729. The number of thiophene rings is 1. The second-order valence-corrected chi connectivity index (χ2v) is 6.11. The number of hydrogen-bond donors (Lipinski definition) is 1. The van der Waals surface area contributed by atoms with Gasteiger partial charge in [-0.15, -0.1) is 0 Å². The molecule has 0 spiro atoms. The lowest BCUT2D eigenvalue weighted by atomic mass is 10.0. The van der Waals surface area contributed by atoms with Crippen LogP contribution in [0.1, 0.15) is 38.2 Å². The van der Waals surface area contributed by atoms with Crippen molar-refractivity contribution in [3.8, 4) is 0 Å². The quantitative estimate of drug-likeness (QED) is 0.815. The Morgan fingerprint density at radius 2 is 2.33 bits per heavy atom. The first kappa shape index (κ1) is 14.0. The van der Waals surface area contributed by atoms with Gasteiger partial charge in [-0.1, -0.05) is 13.3 Å². The smallest absolute Gasteiger partial charge is 0.0195 e. The average molecular weight is 266 g/mol. The molecule has 1 aromatic rings. The van der Waals surface area contributed by atoms with Gasteiger partial charge in [-0.3, -0.25) is 0 Å². The summed E-state index contributed by atoms with van der Waals surface area (Å²) in [4.78, 5) is 2.64. The van der Waals surface area contributed by atoms with E-state index < -0.39 is 0 Å². The third-order valence-corrected chi connectivity index (χ3v) is 4.46. The summed E-state index contributed by atoms with van der Waals surface area (Å²) < 4.78 is 0. The molecule has 2 heterocycles. The minimum Gasteiger partial charge on any atom is -0.313 e. The lowest BCUT2D eigenvalue weighted by Crippen LogP contribution is -2.44. The molecule has 1 N–H and O–H groups in total. The Kier molecular flexibility index (Phi) is 6.18. The first-order valence-corrected chi connectivity index (χ1v) is 8.29. The Bertz CT molecular complexity index is 304. The molecule has 1 aromatic heterocycles. The summed E-state index contributed by atoms with van der Waals surface area (Å²) in [7, 11) is 0. The van der Waals surface area contributed by atoms with E-state index in [1.807, 2.05) is 11.3 Å². The largest absolute Gasteiger partial charge is 0.313 e. The van der Waals surface area contributed by atoms with Crippen molar-refractivity contribution in [2.45, 2.75) is 45.1 Å². The number of hydrogen-bond acceptors (Lipinski definition) is 3. The molecule has 18 heavy (non-hydrogen) atoms. The van der Waals surface area contributed by atoms with Crippen molar-refractivity contribution in [2.24, 2.45) is 0 Å². The van der Waals surface area contributed by atoms with Gasteiger partial charge in [0.1, 0.15) is 0 Å². The van der Waals surface area contributed by atoms with Gasteiger partial charge < -0.3 is 10.2 Å². The van der Waals surface area contributed by atoms with Gasteiger partial charge in [0, 0.05) is 19.1 Å². The van der Waals surface area contributed by atoms with Crippen LogP contribution in [0.3, 0.4) is 0 Å². The van der Waals surface area contributed by atoms with Gasteiger partial charge in [0.25, 0.3) is 0 Å². The summed E-state index contributed by atoms with van der Waals surface area (Å²) >= 11 is 1.81. The van der Waals surface area contributed by atoms with E-state index in [9.17, 15) is 0 Å². The van der Waals surface area contributed by atoms with Crippen molar-refractivity contribution in [1.82, 2.24) is 10.2 Å². The molecule has 2 nitrogen and oxygen atoms in total. The molecule has 0 bridgehead atoms.